The van der Waals surface area contributed by atoms with Crippen molar-refractivity contribution in [2.45, 2.75) is 20.8 Å². The van der Waals surface area contributed by atoms with Crippen molar-refractivity contribution in [2.75, 3.05) is 43.4 Å². The Hall–Kier alpha value is -2.94. The van der Waals surface area contributed by atoms with Crippen LogP contribution in [0.4, 0.5) is 16.5 Å². The van der Waals surface area contributed by atoms with Gasteiger partial charge in [-0.3, -0.25) is 14.5 Å². The lowest BCUT2D eigenvalue weighted by Gasteiger charge is -2.33. The van der Waals surface area contributed by atoms with Crippen molar-refractivity contribution in [2.24, 2.45) is 0 Å². The predicted octanol–water partition coefficient (Wildman–Crippen LogP) is 4.86. The van der Waals surface area contributed by atoms with Gasteiger partial charge in [0.05, 0.1) is 6.54 Å². The number of aromatic nitrogens is 1. The second-order valence-electron chi connectivity index (χ2n) is 8.54. The number of carbonyl (C=O) groups excluding carboxylic acids is 2. The molecule has 1 aliphatic rings. The number of nitrogens with one attached hydrogen (secondary N) is 2. The van der Waals surface area contributed by atoms with Gasteiger partial charge in [-0.2, -0.15) is 0 Å². The lowest BCUT2D eigenvalue weighted by Crippen LogP contribution is -2.50. The fourth-order valence-corrected chi connectivity index (χ4v) is 4.64. The van der Waals surface area contributed by atoms with Crippen LogP contribution < -0.4 is 10.6 Å². The third-order valence-electron chi connectivity index (χ3n) is 5.98. The SMILES string of the molecule is Cc1ccc(NC(=O)CN2CCN(C(=O)c3csc(Nc4cc(Cl)ccc4C)n3)CC2)cc1C. The van der Waals surface area contributed by atoms with E-state index in [2.05, 4.69) is 20.5 Å². The third kappa shape index (κ3) is 5.94. The van der Waals surface area contributed by atoms with Gasteiger partial charge in [-0.1, -0.05) is 23.7 Å². The van der Waals surface area contributed by atoms with Crippen LogP contribution in [0.25, 0.3) is 0 Å². The van der Waals surface area contributed by atoms with E-state index in [4.69, 9.17) is 11.6 Å². The Kier molecular flexibility index (Phi) is 7.50. The fourth-order valence-electron chi connectivity index (χ4n) is 3.77. The molecule has 7 nitrogen and oxygen atoms in total. The molecule has 3 aromatic rings. The monoisotopic (exact) mass is 497 g/mol. The maximum Gasteiger partial charge on any atom is 0.273 e. The van der Waals surface area contributed by atoms with E-state index in [1.165, 1.54) is 16.9 Å². The first-order valence-electron chi connectivity index (χ1n) is 11.2. The molecule has 0 unspecified atom stereocenters. The molecule has 2 aromatic carbocycles. The summed E-state index contributed by atoms with van der Waals surface area (Å²) < 4.78 is 0. The van der Waals surface area contributed by atoms with Crippen molar-refractivity contribution < 1.29 is 9.59 Å². The Morgan fingerprint density at radius 1 is 1.00 bits per heavy atom. The molecule has 0 saturated carbocycles. The lowest BCUT2D eigenvalue weighted by atomic mass is 10.1. The number of anilines is 3. The van der Waals surface area contributed by atoms with Gasteiger partial charge in [-0.05, 0) is 61.7 Å². The molecule has 2 heterocycles. The van der Waals surface area contributed by atoms with Crippen molar-refractivity contribution >= 4 is 51.3 Å². The molecule has 1 aliphatic heterocycles. The van der Waals surface area contributed by atoms with Gasteiger partial charge in [-0.25, -0.2) is 4.98 Å². The number of amides is 2. The molecule has 0 atom stereocenters. The minimum absolute atomic E-state index is 0.0467. The Labute approximate surface area is 208 Å². The molecule has 1 fully saturated rings. The van der Waals surface area contributed by atoms with E-state index in [-0.39, 0.29) is 11.8 Å². The van der Waals surface area contributed by atoms with Crippen molar-refractivity contribution in [3.05, 3.63) is 69.2 Å². The summed E-state index contributed by atoms with van der Waals surface area (Å²) in [5.41, 5.74) is 5.49. The van der Waals surface area contributed by atoms with Gasteiger partial charge in [0.2, 0.25) is 5.91 Å². The van der Waals surface area contributed by atoms with Crippen LogP contribution in [-0.4, -0.2) is 59.3 Å². The van der Waals surface area contributed by atoms with Gasteiger partial charge in [0.25, 0.3) is 5.91 Å². The van der Waals surface area contributed by atoms with Crippen LogP contribution in [0.15, 0.2) is 41.8 Å². The molecule has 0 radical (unpaired) electrons. The molecule has 2 N–H and O–H groups in total. The molecule has 1 aromatic heterocycles. The van der Waals surface area contributed by atoms with E-state index in [1.807, 2.05) is 57.2 Å². The topological polar surface area (TPSA) is 77.6 Å². The third-order valence-corrected chi connectivity index (χ3v) is 6.97. The minimum atomic E-state index is -0.0913. The Morgan fingerprint density at radius 2 is 1.74 bits per heavy atom. The van der Waals surface area contributed by atoms with Gasteiger partial charge in [0, 0.05) is 48.0 Å². The van der Waals surface area contributed by atoms with Crippen LogP contribution in [0.2, 0.25) is 5.02 Å². The van der Waals surface area contributed by atoms with Crippen molar-refractivity contribution in [3.8, 4) is 0 Å². The van der Waals surface area contributed by atoms with Crippen LogP contribution in [0.5, 0.6) is 0 Å². The second kappa shape index (κ2) is 10.5. The van der Waals surface area contributed by atoms with E-state index in [9.17, 15) is 9.59 Å². The van der Waals surface area contributed by atoms with E-state index >= 15 is 0 Å². The standard InChI is InChI=1S/C25H28ClN5O2S/c1-16-5-7-20(12-18(16)3)27-23(32)14-30-8-10-31(11-9-30)24(33)22-15-34-25(29-22)28-21-13-19(26)6-4-17(21)2/h4-7,12-13,15H,8-11,14H2,1-3H3,(H,27,32)(H,28,29). The molecule has 0 aliphatic carbocycles. The average molecular weight is 498 g/mol. The maximum absolute atomic E-state index is 12.9. The summed E-state index contributed by atoms with van der Waals surface area (Å²) in [4.78, 5) is 33.7. The first kappa shape index (κ1) is 24.2. The number of hydrogen-bond donors (Lipinski definition) is 2. The Balaban J connectivity index is 1.27. The number of hydrogen-bond acceptors (Lipinski definition) is 6. The summed E-state index contributed by atoms with van der Waals surface area (Å²) in [6.45, 7) is 8.77. The summed E-state index contributed by atoms with van der Waals surface area (Å²) in [7, 11) is 0. The largest absolute Gasteiger partial charge is 0.335 e. The van der Waals surface area contributed by atoms with Crippen LogP contribution in [0, 0.1) is 20.8 Å². The summed E-state index contributed by atoms with van der Waals surface area (Å²) in [6, 6.07) is 11.5. The summed E-state index contributed by atoms with van der Waals surface area (Å²) >= 11 is 7.48. The highest BCUT2D eigenvalue weighted by atomic mass is 35.5. The first-order valence-corrected chi connectivity index (χ1v) is 12.4. The van der Waals surface area contributed by atoms with Crippen LogP contribution >= 0.6 is 22.9 Å². The number of nitrogens with zero attached hydrogens (tertiary/aromatic N) is 3. The number of rotatable bonds is 6. The zero-order valence-corrected chi connectivity index (χ0v) is 21.1. The molecule has 34 heavy (non-hydrogen) atoms. The van der Waals surface area contributed by atoms with E-state index < -0.39 is 0 Å². The van der Waals surface area contributed by atoms with Crippen molar-refractivity contribution in [1.82, 2.24) is 14.8 Å². The molecular weight excluding hydrogens is 470 g/mol. The quantitative estimate of drug-likeness (QED) is 0.508. The van der Waals surface area contributed by atoms with Gasteiger partial charge in [0.15, 0.2) is 5.13 Å². The molecule has 2 amide bonds. The number of halogens is 1. The molecule has 1 saturated heterocycles. The van der Waals surface area contributed by atoms with Gasteiger partial charge in [-0.15, -0.1) is 11.3 Å². The van der Waals surface area contributed by atoms with Crippen molar-refractivity contribution in [3.63, 3.8) is 0 Å². The molecular formula is C25H28ClN5O2S. The summed E-state index contributed by atoms with van der Waals surface area (Å²) in [5, 5.41) is 9.27. The average Bonchev–Trinajstić information content (AvgIpc) is 3.27. The predicted molar refractivity (Wildman–Crippen MR) is 138 cm³/mol. The Morgan fingerprint density at radius 3 is 2.47 bits per heavy atom. The van der Waals surface area contributed by atoms with Gasteiger partial charge < -0.3 is 15.5 Å². The van der Waals surface area contributed by atoms with Crippen LogP contribution in [0.1, 0.15) is 27.2 Å². The lowest BCUT2D eigenvalue weighted by molar-refractivity contribution is -0.117. The molecule has 4 rings (SSSR count). The normalized spacial score (nSPS) is 14.2. The number of aryl methyl sites for hydroxylation is 3. The highest BCUT2D eigenvalue weighted by molar-refractivity contribution is 7.14. The van der Waals surface area contributed by atoms with Gasteiger partial charge >= 0.3 is 0 Å². The number of thiazole rings is 1. The smallest absolute Gasteiger partial charge is 0.273 e. The zero-order chi connectivity index (χ0) is 24.2. The number of carbonyl (C=O) groups is 2. The first-order chi connectivity index (χ1) is 16.3. The zero-order valence-electron chi connectivity index (χ0n) is 19.5. The molecule has 0 bridgehead atoms. The maximum atomic E-state index is 12.9. The van der Waals surface area contributed by atoms with E-state index in [1.54, 1.807) is 10.3 Å². The second-order valence-corrected chi connectivity index (χ2v) is 9.83. The van der Waals surface area contributed by atoms with E-state index in [0.717, 1.165) is 22.5 Å². The number of benzene rings is 2. The molecule has 178 valence electrons. The summed E-state index contributed by atoms with van der Waals surface area (Å²) in [6.07, 6.45) is 0. The highest BCUT2D eigenvalue weighted by Crippen LogP contribution is 2.26. The fraction of sp³-hybridized carbons (Fsp3) is 0.320. The summed E-state index contributed by atoms with van der Waals surface area (Å²) in [5.74, 6) is -0.138. The van der Waals surface area contributed by atoms with Crippen LogP contribution in [0.3, 0.4) is 0 Å². The Bertz CT molecular complexity index is 1200. The number of piperazine rings is 1. The highest BCUT2D eigenvalue weighted by Gasteiger charge is 2.25. The van der Waals surface area contributed by atoms with Crippen LogP contribution in [-0.2, 0) is 4.79 Å². The molecule has 0 spiro atoms. The van der Waals surface area contributed by atoms with Gasteiger partial charge in [0.1, 0.15) is 5.69 Å². The van der Waals surface area contributed by atoms with Crippen molar-refractivity contribution in [1.29, 1.82) is 0 Å². The van der Waals surface area contributed by atoms with E-state index in [0.29, 0.717) is 48.6 Å². The minimum Gasteiger partial charge on any atom is -0.335 e. The molecule has 9 heteroatoms.